The van der Waals surface area contributed by atoms with Crippen LogP contribution in [0.5, 0.6) is 5.75 Å². The summed E-state index contributed by atoms with van der Waals surface area (Å²) < 4.78 is 17.7. The van der Waals surface area contributed by atoms with Gasteiger partial charge in [0.15, 0.2) is 5.79 Å². The number of anilines is 1. The van der Waals surface area contributed by atoms with Crippen molar-refractivity contribution in [2.75, 3.05) is 32.2 Å². The van der Waals surface area contributed by atoms with Gasteiger partial charge < -0.3 is 24.8 Å². The number of nitrogens with zero attached hydrogens (tertiary/aromatic N) is 1. The molecule has 2 fully saturated rings. The minimum atomic E-state index is -0.473. The maximum Gasteiger partial charge on any atom is 0.172 e. The van der Waals surface area contributed by atoms with Gasteiger partial charge in [0.05, 0.1) is 13.2 Å². The number of hydrogen-bond donors (Lipinski definition) is 1. The Morgan fingerprint density at radius 2 is 2.05 bits per heavy atom. The molecule has 1 aliphatic heterocycles. The topological polar surface area (TPSA) is 57.0 Å². The van der Waals surface area contributed by atoms with Gasteiger partial charge in [-0.15, -0.1) is 0 Å². The molecule has 1 aliphatic carbocycles. The quantitative estimate of drug-likeness (QED) is 0.920. The Labute approximate surface area is 126 Å². The van der Waals surface area contributed by atoms with Crippen molar-refractivity contribution in [3.8, 4) is 5.75 Å². The van der Waals surface area contributed by atoms with Gasteiger partial charge in [-0.2, -0.15) is 0 Å². The number of benzene rings is 1. The highest BCUT2D eigenvalue weighted by molar-refractivity contribution is 5.49. The average molecular weight is 292 g/mol. The van der Waals surface area contributed by atoms with Crippen LogP contribution >= 0.6 is 0 Å². The van der Waals surface area contributed by atoms with Gasteiger partial charge in [0.25, 0.3) is 0 Å². The minimum Gasteiger partial charge on any atom is -0.489 e. The lowest BCUT2D eigenvalue weighted by Crippen LogP contribution is -2.51. The largest absolute Gasteiger partial charge is 0.489 e. The molecular formula is C16H24N2O3. The molecule has 1 saturated carbocycles. The molecule has 2 unspecified atom stereocenters. The third-order valence-corrected chi connectivity index (χ3v) is 4.28. The van der Waals surface area contributed by atoms with Crippen LogP contribution in [0, 0.1) is 0 Å². The Morgan fingerprint density at radius 1 is 1.29 bits per heavy atom. The summed E-state index contributed by atoms with van der Waals surface area (Å²) in [4.78, 5) is 2.05. The molecule has 1 saturated heterocycles. The molecule has 5 nitrogen and oxygen atoms in total. The van der Waals surface area contributed by atoms with Gasteiger partial charge in [-0.1, -0.05) is 6.07 Å². The van der Waals surface area contributed by atoms with Crippen molar-refractivity contribution >= 4 is 5.69 Å². The number of hydrogen-bond acceptors (Lipinski definition) is 5. The van der Waals surface area contributed by atoms with E-state index in [1.807, 2.05) is 32.3 Å². The standard InChI is InChI=1S/C16H24N2O3/c1-18(2)12-4-3-5-13(10-12)21-15-11-16(7-6-14(15)17)19-8-9-20-16/h3-5,10,14-15H,6-9,11,17H2,1-2H3. The first-order valence-corrected chi connectivity index (χ1v) is 7.56. The second kappa shape index (κ2) is 5.83. The minimum absolute atomic E-state index is 0.0198. The van der Waals surface area contributed by atoms with E-state index in [0.29, 0.717) is 19.6 Å². The Kier molecular flexibility index (Phi) is 4.06. The fourth-order valence-corrected chi connectivity index (χ4v) is 3.03. The molecule has 116 valence electrons. The monoisotopic (exact) mass is 292 g/mol. The van der Waals surface area contributed by atoms with Crippen LogP contribution in [0.2, 0.25) is 0 Å². The zero-order valence-corrected chi connectivity index (χ0v) is 12.7. The SMILES string of the molecule is CN(C)c1cccc(OC2CC3(CCC2N)OCCO3)c1. The van der Waals surface area contributed by atoms with Crippen LogP contribution in [0.25, 0.3) is 0 Å². The number of nitrogens with two attached hydrogens (primary N) is 1. The molecule has 1 aromatic carbocycles. The molecule has 2 atom stereocenters. The molecule has 1 spiro atoms. The summed E-state index contributed by atoms with van der Waals surface area (Å²) in [7, 11) is 4.03. The van der Waals surface area contributed by atoms with Crippen LogP contribution in [0.1, 0.15) is 19.3 Å². The van der Waals surface area contributed by atoms with Crippen LogP contribution < -0.4 is 15.4 Å². The third kappa shape index (κ3) is 3.15. The predicted molar refractivity (Wildman–Crippen MR) is 81.6 cm³/mol. The van der Waals surface area contributed by atoms with E-state index >= 15 is 0 Å². The van der Waals surface area contributed by atoms with E-state index < -0.39 is 5.79 Å². The molecule has 21 heavy (non-hydrogen) atoms. The molecule has 0 amide bonds. The fourth-order valence-electron chi connectivity index (χ4n) is 3.03. The molecule has 0 aromatic heterocycles. The Hall–Kier alpha value is -1.30. The van der Waals surface area contributed by atoms with Gasteiger partial charge in [-0.3, -0.25) is 0 Å². The van der Waals surface area contributed by atoms with E-state index in [9.17, 15) is 0 Å². The van der Waals surface area contributed by atoms with Gasteiger partial charge in [-0.05, 0) is 18.6 Å². The van der Waals surface area contributed by atoms with Gasteiger partial charge in [0.1, 0.15) is 11.9 Å². The van der Waals surface area contributed by atoms with Crippen molar-refractivity contribution < 1.29 is 14.2 Å². The number of ether oxygens (including phenoxy) is 3. The van der Waals surface area contributed by atoms with E-state index in [4.69, 9.17) is 19.9 Å². The van der Waals surface area contributed by atoms with Crippen LogP contribution in [-0.4, -0.2) is 45.2 Å². The zero-order chi connectivity index (χ0) is 14.9. The second-order valence-electron chi connectivity index (χ2n) is 6.06. The van der Waals surface area contributed by atoms with Gasteiger partial charge in [-0.25, -0.2) is 0 Å². The molecule has 1 aromatic rings. The van der Waals surface area contributed by atoms with Crippen molar-refractivity contribution in [2.24, 2.45) is 5.73 Å². The maximum absolute atomic E-state index is 6.23. The Morgan fingerprint density at radius 3 is 2.76 bits per heavy atom. The molecular weight excluding hydrogens is 268 g/mol. The zero-order valence-electron chi connectivity index (χ0n) is 12.7. The van der Waals surface area contributed by atoms with E-state index in [2.05, 4.69) is 11.0 Å². The first-order chi connectivity index (χ1) is 10.1. The maximum atomic E-state index is 6.23. The lowest BCUT2D eigenvalue weighted by Gasteiger charge is -2.39. The molecule has 1 heterocycles. The highest BCUT2D eigenvalue weighted by atomic mass is 16.7. The summed E-state index contributed by atoms with van der Waals surface area (Å²) in [6.07, 6.45) is 2.33. The highest BCUT2D eigenvalue weighted by Gasteiger charge is 2.45. The summed E-state index contributed by atoms with van der Waals surface area (Å²) in [5.41, 5.74) is 7.34. The van der Waals surface area contributed by atoms with Crippen molar-refractivity contribution in [3.05, 3.63) is 24.3 Å². The highest BCUT2D eigenvalue weighted by Crippen LogP contribution is 2.37. The van der Waals surface area contributed by atoms with E-state index in [0.717, 1.165) is 24.3 Å². The lowest BCUT2D eigenvalue weighted by molar-refractivity contribution is -0.195. The van der Waals surface area contributed by atoms with Crippen molar-refractivity contribution in [1.82, 2.24) is 0 Å². The van der Waals surface area contributed by atoms with Crippen LogP contribution in [0.3, 0.4) is 0 Å². The molecule has 0 radical (unpaired) electrons. The smallest absolute Gasteiger partial charge is 0.172 e. The van der Waals surface area contributed by atoms with Crippen LogP contribution in [0.15, 0.2) is 24.3 Å². The third-order valence-electron chi connectivity index (χ3n) is 4.28. The van der Waals surface area contributed by atoms with Crippen molar-refractivity contribution in [2.45, 2.75) is 37.2 Å². The Bertz CT molecular complexity index is 486. The Balaban J connectivity index is 1.72. The number of rotatable bonds is 3. The second-order valence-corrected chi connectivity index (χ2v) is 6.06. The van der Waals surface area contributed by atoms with Crippen LogP contribution in [0.4, 0.5) is 5.69 Å². The predicted octanol–water partition coefficient (Wildman–Crippen LogP) is 1.75. The van der Waals surface area contributed by atoms with Gasteiger partial charge in [0, 0.05) is 44.7 Å². The van der Waals surface area contributed by atoms with Gasteiger partial charge >= 0.3 is 0 Å². The summed E-state index contributed by atoms with van der Waals surface area (Å²) in [5, 5.41) is 0. The summed E-state index contributed by atoms with van der Waals surface area (Å²) in [6, 6.07) is 8.07. The van der Waals surface area contributed by atoms with Gasteiger partial charge in [0.2, 0.25) is 0 Å². The molecule has 3 rings (SSSR count). The van der Waals surface area contributed by atoms with E-state index in [1.54, 1.807) is 0 Å². The molecule has 0 bridgehead atoms. The summed E-state index contributed by atoms with van der Waals surface area (Å²) >= 11 is 0. The van der Waals surface area contributed by atoms with E-state index in [-0.39, 0.29) is 12.1 Å². The fraction of sp³-hybridized carbons (Fsp3) is 0.625. The van der Waals surface area contributed by atoms with E-state index in [1.165, 1.54) is 0 Å². The molecule has 5 heteroatoms. The van der Waals surface area contributed by atoms with Crippen LogP contribution in [-0.2, 0) is 9.47 Å². The summed E-state index contributed by atoms with van der Waals surface area (Å²) in [6.45, 7) is 1.33. The first-order valence-electron chi connectivity index (χ1n) is 7.56. The first kappa shape index (κ1) is 14.6. The average Bonchev–Trinajstić information content (AvgIpc) is 2.92. The molecule has 2 aliphatic rings. The van der Waals surface area contributed by atoms with Crippen molar-refractivity contribution in [1.29, 1.82) is 0 Å². The lowest BCUT2D eigenvalue weighted by atomic mass is 9.88. The molecule has 2 N–H and O–H groups in total. The normalized spacial score (nSPS) is 27.8. The summed E-state index contributed by atoms with van der Waals surface area (Å²) in [5.74, 6) is 0.372. The van der Waals surface area contributed by atoms with Crippen molar-refractivity contribution in [3.63, 3.8) is 0 Å².